The lowest BCUT2D eigenvalue weighted by Crippen LogP contribution is -2.31. The predicted octanol–water partition coefficient (Wildman–Crippen LogP) is -0.224. The molecule has 2 aliphatic carbocycles. The molecule has 2 aliphatic rings. The van der Waals surface area contributed by atoms with Gasteiger partial charge < -0.3 is 0 Å². The van der Waals surface area contributed by atoms with E-state index in [1.54, 1.807) is 0 Å². The Hall–Kier alpha value is -0.570. The second-order valence-electron chi connectivity index (χ2n) is 3.13. The molecule has 0 bridgehead atoms. The Morgan fingerprint density at radius 1 is 1.67 bits per heavy atom. The van der Waals surface area contributed by atoms with Gasteiger partial charge in [-0.25, -0.2) is 5.84 Å². The second kappa shape index (κ2) is 1.29. The van der Waals surface area contributed by atoms with Gasteiger partial charge in [0, 0.05) is 5.92 Å². The molecule has 0 radical (unpaired) electrons. The van der Waals surface area contributed by atoms with E-state index in [2.05, 4.69) is 5.43 Å². The minimum absolute atomic E-state index is 0.0347. The van der Waals surface area contributed by atoms with Gasteiger partial charge in [0.15, 0.2) is 0 Å². The highest BCUT2D eigenvalue weighted by Crippen LogP contribution is 2.70. The molecule has 3 heteroatoms. The van der Waals surface area contributed by atoms with Crippen molar-refractivity contribution in [3.63, 3.8) is 0 Å². The predicted molar refractivity (Wildman–Crippen MR) is 32.1 cm³/mol. The maximum atomic E-state index is 10.8. The van der Waals surface area contributed by atoms with Crippen LogP contribution < -0.4 is 11.3 Å². The quantitative estimate of drug-likeness (QED) is 0.290. The Labute approximate surface area is 53.6 Å². The maximum Gasteiger partial charge on any atom is 0.237 e. The van der Waals surface area contributed by atoms with Crippen LogP contribution in [0.1, 0.15) is 19.3 Å². The highest BCUT2D eigenvalue weighted by Gasteiger charge is 2.65. The number of hydrogen-bond donors (Lipinski definition) is 2. The van der Waals surface area contributed by atoms with Crippen LogP contribution in [0.5, 0.6) is 0 Å². The molecular weight excluding hydrogens is 116 g/mol. The van der Waals surface area contributed by atoms with E-state index < -0.39 is 0 Å². The summed E-state index contributed by atoms with van der Waals surface area (Å²) < 4.78 is 0. The van der Waals surface area contributed by atoms with Gasteiger partial charge in [0.25, 0.3) is 0 Å². The van der Waals surface area contributed by atoms with Crippen molar-refractivity contribution >= 4 is 5.91 Å². The van der Waals surface area contributed by atoms with E-state index in [4.69, 9.17) is 5.84 Å². The van der Waals surface area contributed by atoms with Crippen LogP contribution in [0.15, 0.2) is 0 Å². The van der Waals surface area contributed by atoms with Gasteiger partial charge in [-0.1, -0.05) is 0 Å². The highest BCUT2D eigenvalue weighted by atomic mass is 16.2. The molecule has 2 fully saturated rings. The standard InChI is InChI=1S/C6H10N2O/c7-8-5(9)4-3-6(4)1-2-6/h4H,1-3,7H2,(H,8,9). The van der Waals surface area contributed by atoms with E-state index in [-0.39, 0.29) is 11.8 Å². The molecule has 0 saturated heterocycles. The van der Waals surface area contributed by atoms with Crippen LogP contribution in [0, 0.1) is 11.3 Å². The third-order valence-corrected chi connectivity index (χ3v) is 2.54. The maximum absolute atomic E-state index is 10.8. The summed E-state index contributed by atoms with van der Waals surface area (Å²) in [6.07, 6.45) is 3.56. The van der Waals surface area contributed by atoms with Crippen LogP contribution in [-0.2, 0) is 4.79 Å². The molecule has 1 unspecified atom stereocenters. The lowest BCUT2D eigenvalue weighted by Gasteiger charge is -1.92. The first-order chi connectivity index (χ1) is 4.28. The lowest BCUT2D eigenvalue weighted by atomic mass is 10.3. The molecular formula is C6H10N2O. The molecule has 50 valence electrons. The van der Waals surface area contributed by atoms with Crippen molar-refractivity contribution in [2.45, 2.75) is 19.3 Å². The molecule has 0 aromatic rings. The third kappa shape index (κ3) is 0.580. The molecule has 1 amide bonds. The molecule has 0 heterocycles. The van der Waals surface area contributed by atoms with Crippen LogP contribution in [0.2, 0.25) is 0 Å². The summed E-state index contributed by atoms with van der Waals surface area (Å²) in [6.45, 7) is 0. The molecule has 2 rings (SSSR count). The summed E-state index contributed by atoms with van der Waals surface area (Å²) in [5, 5.41) is 0. The number of carbonyl (C=O) groups is 1. The van der Waals surface area contributed by atoms with Gasteiger partial charge in [-0.05, 0) is 24.7 Å². The summed E-state index contributed by atoms with van der Waals surface area (Å²) in [5.41, 5.74) is 2.63. The highest BCUT2D eigenvalue weighted by molar-refractivity contribution is 5.82. The molecule has 0 aromatic carbocycles. The first-order valence-electron chi connectivity index (χ1n) is 3.29. The minimum Gasteiger partial charge on any atom is -0.294 e. The van der Waals surface area contributed by atoms with Crippen LogP contribution in [0.3, 0.4) is 0 Å². The van der Waals surface area contributed by atoms with E-state index in [1.165, 1.54) is 12.8 Å². The van der Waals surface area contributed by atoms with Crippen LogP contribution in [-0.4, -0.2) is 5.91 Å². The van der Waals surface area contributed by atoms with Crippen molar-refractivity contribution in [3.05, 3.63) is 0 Å². The summed E-state index contributed by atoms with van der Waals surface area (Å²) in [5.74, 6) is 5.26. The van der Waals surface area contributed by atoms with E-state index >= 15 is 0 Å². The number of carbonyl (C=O) groups excluding carboxylic acids is 1. The van der Waals surface area contributed by atoms with Crippen molar-refractivity contribution in [2.75, 3.05) is 0 Å². The number of nitrogens with two attached hydrogens (primary N) is 1. The van der Waals surface area contributed by atoms with Gasteiger partial charge in [-0.15, -0.1) is 0 Å². The lowest BCUT2D eigenvalue weighted by molar-refractivity contribution is -0.122. The zero-order valence-electron chi connectivity index (χ0n) is 5.18. The monoisotopic (exact) mass is 126 g/mol. The van der Waals surface area contributed by atoms with Crippen LogP contribution in [0.4, 0.5) is 0 Å². The van der Waals surface area contributed by atoms with Crippen molar-refractivity contribution in [3.8, 4) is 0 Å². The number of rotatable bonds is 1. The number of hydrazine groups is 1. The zero-order valence-corrected chi connectivity index (χ0v) is 5.18. The summed E-state index contributed by atoms with van der Waals surface area (Å²) >= 11 is 0. The fourth-order valence-corrected chi connectivity index (χ4v) is 1.53. The first kappa shape index (κ1) is 5.23. The van der Waals surface area contributed by atoms with E-state index in [0.717, 1.165) is 6.42 Å². The SMILES string of the molecule is NNC(=O)C1CC12CC2. The van der Waals surface area contributed by atoms with E-state index in [1.807, 2.05) is 0 Å². The molecule has 3 N–H and O–H groups in total. The Morgan fingerprint density at radius 3 is 2.67 bits per heavy atom. The smallest absolute Gasteiger partial charge is 0.237 e. The first-order valence-corrected chi connectivity index (χ1v) is 3.29. The number of hydrogen-bond acceptors (Lipinski definition) is 2. The Bertz CT molecular complexity index is 162. The molecule has 1 atom stereocenters. The normalized spacial score (nSPS) is 34.1. The second-order valence-corrected chi connectivity index (χ2v) is 3.13. The van der Waals surface area contributed by atoms with Crippen LogP contribution >= 0.6 is 0 Å². The average Bonchev–Trinajstić information content (AvgIpc) is 2.74. The van der Waals surface area contributed by atoms with E-state index in [9.17, 15) is 4.79 Å². The fourth-order valence-electron chi connectivity index (χ4n) is 1.53. The molecule has 3 nitrogen and oxygen atoms in total. The van der Waals surface area contributed by atoms with Crippen molar-refractivity contribution in [2.24, 2.45) is 17.2 Å². The van der Waals surface area contributed by atoms with E-state index in [0.29, 0.717) is 5.41 Å². The largest absolute Gasteiger partial charge is 0.294 e. The Morgan fingerprint density at radius 2 is 2.33 bits per heavy atom. The van der Waals surface area contributed by atoms with Gasteiger partial charge in [-0.2, -0.15) is 0 Å². The average molecular weight is 126 g/mol. The molecule has 0 aromatic heterocycles. The molecule has 2 saturated carbocycles. The van der Waals surface area contributed by atoms with Gasteiger partial charge >= 0.3 is 0 Å². The van der Waals surface area contributed by atoms with Gasteiger partial charge in [-0.3, -0.25) is 10.2 Å². The third-order valence-electron chi connectivity index (χ3n) is 2.54. The molecule has 1 spiro atoms. The van der Waals surface area contributed by atoms with Crippen molar-refractivity contribution in [1.82, 2.24) is 5.43 Å². The van der Waals surface area contributed by atoms with Crippen molar-refractivity contribution < 1.29 is 4.79 Å². The van der Waals surface area contributed by atoms with Crippen molar-refractivity contribution in [1.29, 1.82) is 0 Å². The number of nitrogens with one attached hydrogen (secondary N) is 1. The summed E-state index contributed by atoms with van der Waals surface area (Å²) in [6, 6.07) is 0. The minimum atomic E-state index is 0.0347. The summed E-state index contributed by atoms with van der Waals surface area (Å²) in [4.78, 5) is 10.8. The molecule has 0 aliphatic heterocycles. The fraction of sp³-hybridized carbons (Fsp3) is 0.833. The molecule has 9 heavy (non-hydrogen) atoms. The number of amides is 1. The zero-order chi connectivity index (χ0) is 6.48. The van der Waals surface area contributed by atoms with Crippen LogP contribution in [0.25, 0.3) is 0 Å². The summed E-state index contributed by atoms with van der Waals surface area (Å²) in [7, 11) is 0. The topological polar surface area (TPSA) is 55.1 Å². The Kier molecular flexibility index (Phi) is 0.750. The van der Waals surface area contributed by atoms with Gasteiger partial charge in [0.05, 0.1) is 0 Å². The Balaban J connectivity index is 1.96. The van der Waals surface area contributed by atoms with Gasteiger partial charge in [0.1, 0.15) is 0 Å². The van der Waals surface area contributed by atoms with Gasteiger partial charge in [0.2, 0.25) is 5.91 Å².